The molecule has 2 aromatic rings. The Kier molecular flexibility index (Phi) is 6.59. The van der Waals surface area contributed by atoms with Crippen molar-refractivity contribution in [2.45, 2.75) is 32.0 Å². The fourth-order valence-electron chi connectivity index (χ4n) is 3.87. The molecule has 1 aromatic carbocycles. The molecule has 3 heterocycles. The van der Waals surface area contributed by atoms with E-state index in [1.807, 2.05) is 30.5 Å². The number of nitrogens with zero attached hydrogens (tertiary/aromatic N) is 2. The van der Waals surface area contributed by atoms with Crippen LogP contribution in [0.3, 0.4) is 0 Å². The van der Waals surface area contributed by atoms with Crippen LogP contribution in [0.15, 0.2) is 42.7 Å². The number of hydrogen-bond donors (Lipinski definition) is 2. The van der Waals surface area contributed by atoms with E-state index in [2.05, 4.69) is 26.6 Å². The standard InChI is InChI=1S/C22H28N4O3/c27-22-20-4-2-9-26(20)16-18-13-19(25-15-17-3-1-7-23-14-17)5-6-21(18)29-12-11-28-10-8-24-22/h1,3,5-7,13-14,20,25H,2,4,8-12,15-16H2,(H,24,27). The van der Waals surface area contributed by atoms with Gasteiger partial charge in [0.25, 0.3) is 0 Å². The van der Waals surface area contributed by atoms with Crippen molar-refractivity contribution in [1.29, 1.82) is 0 Å². The van der Waals surface area contributed by atoms with Gasteiger partial charge in [0, 0.05) is 43.3 Å². The van der Waals surface area contributed by atoms with Crippen molar-refractivity contribution < 1.29 is 14.3 Å². The van der Waals surface area contributed by atoms with E-state index in [0.717, 1.165) is 42.0 Å². The van der Waals surface area contributed by atoms with Crippen molar-refractivity contribution in [3.8, 4) is 5.75 Å². The highest BCUT2D eigenvalue weighted by atomic mass is 16.5. The van der Waals surface area contributed by atoms with E-state index >= 15 is 0 Å². The van der Waals surface area contributed by atoms with Gasteiger partial charge >= 0.3 is 0 Å². The summed E-state index contributed by atoms with van der Waals surface area (Å²) >= 11 is 0. The Morgan fingerprint density at radius 3 is 3.10 bits per heavy atom. The average Bonchev–Trinajstić information content (AvgIpc) is 3.21. The highest BCUT2D eigenvalue weighted by molar-refractivity contribution is 5.82. The monoisotopic (exact) mass is 396 g/mol. The number of nitrogens with one attached hydrogen (secondary N) is 2. The van der Waals surface area contributed by atoms with E-state index < -0.39 is 0 Å². The molecule has 2 aliphatic heterocycles. The highest BCUT2D eigenvalue weighted by Crippen LogP contribution is 2.28. The molecule has 0 bridgehead atoms. The van der Waals surface area contributed by atoms with Gasteiger partial charge in [-0.1, -0.05) is 6.07 Å². The summed E-state index contributed by atoms with van der Waals surface area (Å²) in [5.41, 5.74) is 3.23. The summed E-state index contributed by atoms with van der Waals surface area (Å²) < 4.78 is 11.6. The van der Waals surface area contributed by atoms with E-state index in [-0.39, 0.29) is 11.9 Å². The van der Waals surface area contributed by atoms with E-state index in [0.29, 0.717) is 39.5 Å². The van der Waals surface area contributed by atoms with Gasteiger partial charge in [0.2, 0.25) is 5.91 Å². The van der Waals surface area contributed by atoms with Crippen LogP contribution in [0.2, 0.25) is 0 Å². The number of carbonyl (C=O) groups is 1. The maximum atomic E-state index is 12.6. The van der Waals surface area contributed by atoms with Crippen molar-refractivity contribution in [3.05, 3.63) is 53.9 Å². The Morgan fingerprint density at radius 1 is 1.24 bits per heavy atom. The predicted molar refractivity (Wildman–Crippen MR) is 111 cm³/mol. The summed E-state index contributed by atoms with van der Waals surface area (Å²) in [6.45, 7) is 4.36. The van der Waals surface area contributed by atoms with Gasteiger partial charge in [-0.25, -0.2) is 0 Å². The number of ether oxygens (including phenoxy) is 2. The van der Waals surface area contributed by atoms with E-state index in [9.17, 15) is 4.79 Å². The lowest BCUT2D eigenvalue weighted by molar-refractivity contribution is -0.125. The van der Waals surface area contributed by atoms with Gasteiger partial charge in [-0.2, -0.15) is 0 Å². The number of carbonyl (C=O) groups excluding carboxylic acids is 1. The molecule has 7 heteroatoms. The molecular weight excluding hydrogens is 368 g/mol. The zero-order chi connectivity index (χ0) is 19.9. The summed E-state index contributed by atoms with van der Waals surface area (Å²) in [5.74, 6) is 0.949. The highest BCUT2D eigenvalue weighted by Gasteiger charge is 2.31. The Balaban J connectivity index is 1.52. The van der Waals surface area contributed by atoms with Crippen molar-refractivity contribution in [2.24, 2.45) is 0 Å². The molecule has 0 saturated carbocycles. The van der Waals surface area contributed by atoms with Gasteiger partial charge in [0.15, 0.2) is 0 Å². The molecule has 7 nitrogen and oxygen atoms in total. The van der Waals surface area contributed by atoms with E-state index in [1.54, 1.807) is 6.20 Å². The molecule has 0 aliphatic carbocycles. The van der Waals surface area contributed by atoms with Gasteiger partial charge in [-0.3, -0.25) is 14.7 Å². The van der Waals surface area contributed by atoms with Crippen LogP contribution in [-0.2, 0) is 22.6 Å². The molecule has 2 N–H and O–H groups in total. The maximum absolute atomic E-state index is 12.6. The van der Waals surface area contributed by atoms with E-state index in [4.69, 9.17) is 9.47 Å². The van der Waals surface area contributed by atoms with Crippen LogP contribution in [0.5, 0.6) is 5.75 Å². The number of aromatic nitrogens is 1. The van der Waals surface area contributed by atoms with Gasteiger partial charge in [0.1, 0.15) is 12.4 Å². The number of amides is 1. The predicted octanol–water partition coefficient (Wildman–Crippen LogP) is 2.18. The van der Waals surface area contributed by atoms with Gasteiger partial charge in [-0.05, 0) is 49.2 Å². The zero-order valence-corrected chi connectivity index (χ0v) is 16.6. The molecule has 0 spiro atoms. The summed E-state index contributed by atoms with van der Waals surface area (Å²) in [6.07, 6.45) is 5.56. The summed E-state index contributed by atoms with van der Waals surface area (Å²) in [4.78, 5) is 19.0. The van der Waals surface area contributed by atoms with Crippen LogP contribution in [0.4, 0.5) is 5.69 Å². The molecule has 1 saturated heterocycles. The quantitative estimate of drug-likeness (QED) is 0.828. The van der Waals surface area contributed by atoms with Gasteiger partial charge in [0.05, 0.1) is 19.3 Å². The van der Waals surface area contributed by atoms with Crippen molar-refractivity contribution in [3.63, 3.8) is 0 Å². The average molecular weight is 396 g/mol. The molecular formula is C22H28N4O3. The minimum Gasteiger partial charge on any atom is -0.491 e. The molecule has 1 aromatic heterocycles. The summed E-state index contributed by atoms with van der Waals surface area (Å²) in [6, 6.07) is 10.1. The molecule has 0 radical (unpaired) electrons. The van der Waals surface area contributed by atoms with E-state index in [1.165, 1.54) is 0 Å². The molecule has 2 aliphatic rings. The first-order valence-electron chi connectivity index (χ1n) is 10.3. The number of pyridine rings is 1. The summed E-state index contributed by atoms with van der Waals surface area (Å²) in [7, 11) is 0. The zero-order valence-electron chi connectivity index (χ0n) is 16.6. The Morgan fingerprint density at radius 2 is 2.21 bits per heavy atom. The van der Waals surface area contributed by atoms with Crippen molar-refractivity contribution in [2.75, 3.05) is 38.2 Å². The minimum atomic E-state index is -0.0874. The first kappa shape index (κ1) is 19.7. The Labute approximate surface area is 171 Å². The fourth-order valence-corrected chi connectivity index (χ4v) is 3.87. The number of hydrogen-bond acceptors (Lipinski definition) is 6. The van der Waals surface area contributed by atoms with Crippen LogP contribution < -0.4 is 15.4 Å². The number of fused-ring (bicyclic) bond motifs is 2. The summed E-state index contributed by atoms with van der Waals surface area (Å²) in [5, 5.41) is 6.46. The second kappa shape index (κ2) is 9.71. The molecule has 1 unspecified atom stereocenters. The first-order chi connectivity index (χ1) is 14.3. The van der Waals surface area contributed by atoms with Gasteiger partial charge < -0.3 is 20.1 Å². The molecule has 154 valence electrons. The number of anilines is 1. The molecule has 1 amide bonds. The topological polar surface area (TPSA) is 75.7 Å². The lowest BCUT2D eigenvalue weighted by Gasteiger charge is -2.25. The van der Waals surface area contributed by atoms with Gasteiger partial charge in [-0.15, -0.1) is 0 Å². The molecule has 29 heavy (non-hydrogen) atoms. The van der Waals surface area contributed by atoms with Crippen molar-refractivity contribution in [1.82, 2.24) is 15.2 Å². The maximum Gasteiger partial charge on any atom is 0.237 e. The SMILES string of the molecule is O=C1NCCOCCOc2ccc(NCc3cccnc3)cc2CN2CCCC12. The second-order valence-electron chi connectivity index (χ2n) is 7.42. The first-order valence-corrected chi connectivity index (χ1v) is 10.3. The third-order valence-electron chi connectivity index (χ3n) is 5.35. The molecule has 1 fully saturated rings. The van der Waals surface area contributed by atoms with Crippen LogP contribution in [0, 0.1) is 0 Å². The lowest BCUT2D eigenvalue weighted by Crippen LogP contribution is -2.43. The number of rotatable bonds is 3. The van der Waals surface area contributed by atoms with Crippen LogP contribution >= 0.6 is 0 Å². The molecule has 1 atom stereocenters. The third-order valence-corrected chi connectivity index (χ3v) is 5.35. The second-order valence-corrected chi connectivity index (χ2v) is 7.42. The third kappa shape index (κ3) is 5.25. The van der Waals surface area contributed by atoms with Crippen LogP contribution in [0.25, 0.3) is 0 Å². The minimum absolute atomic E-state index is 0.0874. The largest absolute Gasteiger partial charge is 0.491 e. The normalized spacial score (nSPS) is 20.8. The van der Waals surface area contributed by atoms with Crippen LogP contribution in [-0.4, -0.2) is 54.7 Å². The Bertz CT molecular complexity index is 815. The molecule has 4 rings (SSSR count). The van der Waals surface area contributed by atoms with Crippen LogP contribution in [0.1, 0.15) is 24.0 Å². The fraction of sp³-hybridized carbons (Fsp3) is 0.455. The number of benzene rings is 1. The smallest absolute Gasteiger partial charge is 0.237 e. The van der Waals surface area contributed by atoms with Crippen molar-refractivity contribution >= 4 is 11.6 Å². The Hall–Kier alpha value is -2.64. The lowest BCUT2D eigenvalue weighted by atomic mass is 10.1.